The fourth-order valence-electron chi connectivity index (χ4n) is 4.42. The molecule has 1 aromatic carbocycles. The number of carboxylic acids is 1. The summed E-state index contributed by atoms with van der Waals surface area (Å²) in [5.41, 5.74) is 11.9. The molecule has 1 aliphatic heterocycles. The van der Waals surface area contributed by atoms with Crippen LogP contribution < -0.4 is 22.1 Å². The van der Waals surface area contributed by atoms with Crippen LogP contribution in [0.2, 0.25) is 0 Å². The molecule has 2 rings (SSSR count). The van der Waals surface area contributed by atoms with Gasteiger partial charge in [-0.3, -0.25) is 19.2 Å². The maximum Gasteiger partial charge on any atom is 0.326 e. The third-order valence-electron chi connectivity index (χ3n) is 6.45. The Labute approximate surface area is 220 Å². The molecule has 13 heteroatoms. The van der Waals surface area contributed by atoms with Crippen molar-refractivity contribution in [3.05, 3.63) is 35.9 Å². The number of primary amides is 1. The molecule has 1 aliphatic rings. The molecule has 1 fully saturated rings. The number of amides is 4. The number of methoxy groups -OCH3 is 1. The Balaban J connectivity index is 2.05. The molecular formula is C25H37N5O8. The van der Waals surface area contributed by atoms with E-state index in [2.05, 4.69) is 10.6 Å². The first-order valence-corrected chi connectivity index (χ1v) is 12.3. The van der Waals surface area contributed by atoms with Crippen LogP contribution in [0.15, 0.2) is 30.3 Å². The number of ether oxygens (including phenoxy) is 1. The van der Waals surface area contributed by atoms with Gasteiger partial charge in [-0.05, 0) is 25.3 Å². The maximum atomic E-state index is 13.3. The van der Waals surface area contributed by atoms with E-state index < -0.39 is 72.3 Å². The lowest BCUT2D eigenvalue weighted by molar-refractivity contribution is -0.145. The van der Waals surface area contributed by atoms with Crippen LogP contribution in [-0.4, -0.2) is 95.2 Å². The molecule has 1 aromatic rings. The Kier molecular flexibility index (Phi) is 11.6. The van der Waals surface area contributed by atoms with Crippen molar-refractivity contribution in [1.82, 2.24) is 15.5 Å². The van der Waals surface area contributed by atoms with Gasteiger partial charge in [-0.1, -0.05) is 30.3 Å². The molecule has 0 radical (unpaired) electrons. The molecule has 210 valence electrons. The second-order valence-corrected chi connectivity index (χ2v) is 9.46. The van der Waals surface area contributed by atoms with Gasteiger partial charge in [-0.15, -0.1) is 0 Å². The molecular weight excluding hydrogens is 498 g/mol. The zero-order valence-electron chi connectivity index (χ0n) is 21.5. The van der Waals surface area contributed by atoms with Gasteiger partial charge in [0.25, 0.3) is 0 Å². The van der Waals surface area contributed by atoms with Gasteiger partial charge in [0.15, 0.2) is 0 Å². The number of carbonyl (C=O) groups excluding carboxylic acids is 4. The van der Waals surface area contributed by atoms with Crippen molar-refractivity contribution in [2.75, 3.05) is 20.2 Å². The summed E-state index contributed by atoms with van der Waals surface area (Å²) in [5.74, 6) is -4.57. The summed E-state index contributed by atoms with van der Waals surface area (Å²) >= 11 is 0. The third-order valence-corrected chi connectivity index (χ3v) is 6.45. The number of aliphatic hydroxyl groups excluding tert-OH is 1. The van der Waals surface area contributed by atoms with Crippen LogP contribution >= 0.6 is 0 Å². The van der Waals surface area contributed by atoms with Gasteiger partial charge in [0.1, 0.15) is 12.1 Å². The van der Waals surface area contributed by atoms with Crippen molar-refractivity contribution < 1.29 is 38.9 Å². The molecule has 13 nitrogen and oxygen atoms in total. The Morgan fingerprint density at radius 1 is 1.16 bits per heavy atom. The number of nitrogens with one attached hydrogen (secondary N) is 2. The van der Waals surface area contributed by atoms with Crippen molar-refractivity contribution in [1.29, 1.82) is 0 Å². The molecule has 0 saturated carbocycles. The van der Waals surface area contributed by atoms with E-state index in [4.69, 9.17) is 16.2 Å². The minimum atomic E-state index is -1.47. The van der Waals surface area contributed by atoms with E-state index >= 15 is 0 Å². The molecule has 6 atom stereocenters. The summed E-state index contributed by atoms with van der Waals surface area (Å²) in [4.78, 5) is 62.5. The second kappa shape index (κ2) is 14.4. The van der Waals surface area contributed by atoms with E-state index in [1.165, 1.54) is 18.9 Å². The number of likely N-dealkylation sites (tertiary alicyclic amines) is 1. The van der Waals surface area contributed by atoms with Gasteiger partial charge >= 0.3 is 5.97 Å². The van der Waals surface area contributed by atoms with Crippen LogP contribution in [0, 0.1) is 5.92 Å². The summed E-state index contributed by atoms with van der Waals surface area (Å²) in [6.07, 6.45) is -1.75. The van der Waals surface area contributed by atoms with E-state index in [0.717, 1.165) is 5.56 Å². The number of carbonyl (C=O) groups is 5. The molecule has 8 N–H and O–H groups in total. The number of rotatable bonds is 13. The standard InChI is InChI=1S/C25H37N5O8/c1-14(31)22(29-23(34)17(26)10-15-6-4-3-5-7-15)24(35)30-9-8-19(38-2)16(13-30)11-21(33)28-18(25(36)37)12-20(27)32/h3-7,14,16-19,22,31H,8-13,26H2,1-2H3,(H2,27,32)(H,28,33)(H,29,34)(H,36,37)/t14-,16+,17-,18-,19-,22-/m0/s1. The summed E-state index contributed by atoms with van der Waals surface area (Å²) in [5, 5.41) is 24.3. The van der Waals surface area contributed by atoms with Gasteiger partial charge < -0.3 is 42.0 Å². The van der Waals surface area contributed by atoms with Gasteiger partial charge in [-0.2, -0.15) is 0 Å². The number of piperidine rings is 1. The highest BCUT2D eigenvalue weighted by atomic mass is 16.5. The van der Waals surface area contributed by atoms with Crippen molar-refractivity contribution >= 4 is 29.6 Å². The number of aliphatic carboxylic acids is 1. The van der Waals surface area contributed by atoms with E-state index in [1.807, 2.05) is 30.3 Å². The SMILES string of the molecule is CO[C@H]1CCN(C(=O)[C@@H](NC(=O)[C@@H](N)Cc2ccccc2)[C@H](C)O)C[C@H]1CC(=O)N[C@@H](CC(N)=O)C(=O)O. The molecule has 0 spiro atoms. The van der Waals surface area contributed by atoms with E-state index in [1.54, 1.807) is 0 Å². The Bertz CT molecular complexity index is 989. The smallest absolute Gasteiger partial charge is 0.326 e. The topological polar surface area (TPSA) is 214 Å². The number of nitrogens with two attached hydrogens (primary N) is 2. The first kappa shape index (κ1) is 30.7. The maximum absolute atomic E-state index is 13.3. The van der Waals surface area contributed by atoms with Gasteiger partial charge in [-0.25, -0.2) is 4.79 Å². The van der Waals surface area contributed by atoms with Crippen LogP contribution in [0.5, 0.6) is 0 Å². The molecule has 38 heavy (non-hydrogen) atoms. The zero-order chi connectivity index (χ0) is 28.4. The quantitative estimate of drug-likeness (QED) is 0.166. The van der Waals surface area contributed by atoms with Crippen LogP contribution in [-0.2, 0) is 35.1 Å². The average molecular weight is 536 g/mol. The fourth-order valence-corrected chi connectivity index (χ4v) is 4.42. The van der Waals surface area contributed by atoms with Crippen molar-refractivity contribution in [2.24, 2.45) is 17.4 Å². The van der Waals surface area contributed by atoms with Crippen LogP contribution in [0.3, 0.4) is 0 Å². The van der Waals surface area contributed by atoms with Crippen LogP contribution in [0.1, 0.15) is 31.7 Å². The van der Waals surface area contributed by atoms with Gasteiger partial charge in [0, 0.05) is 32.5 Å². The molecule has 0 aliphatic carbocycles. The molecule has 0 aromatic heterocycles. The first-order chi connectivity index (χ1) is 17.9. The van der Waals surface area contributed by atoms with E-state index in [0.29, 0.717) is 6.42 Å². The first-order valence-electron chi connectivity index (χ1n) is 12.3. The highest BCUT2D eigenvalue weighted by molar-refractivity contribution is 5.90. The number of hydrogen-bond donors (Lipinski definition) is 6. The Morgan fingerprint density at radius 3 is 2.37 bits per heavy atom. The summed E-state index contributed by atoms with van der Waals surface area (Å²) in [6.45, 7) is 1.70. The van der Waals surface area contributed by atoms with Crippen molar-refractivity contribution in [3.63, 3.8) is 0 Å². The van der Waals surface area contributed by atoms with Crippen LogP contribution in [0.25, 0.3) is 0 Å². The highest BCUT2D eigenvalue weighted by Gasteiger charge is 2.38. The predicted octanol–water partition coefficient (Wildman–Crippen LogP) is -1.88. The summed E-state index contributed by atoms with van der Waals surface area (Å²) in [6, 6.07) is 5.46. The number of carboxylic acid groups (broad SMARTS) is 1. The summed E-state index contributed by atoms with van der Waals surface area (Å²) < 4.78 is 5.47. The third kappa shape index (κ3) is 9.08. The minimum absolute atomic E-state index is 0.0630. The second-order valence-electron chi connectivity index (χ2n) is 9.46. The molecule has 1 saturated heterocycles. The van der Waals surface area contributed by atoms with Gasteiger partial charge in [0.05, 0.1) is 24.7 Å². The number of nitrogens with zero attached hydrogens (tertiary/aromatic N) is 1. The molecule has 0 bridgehead atoms. The lowest BCUT2D eigenvalue weighted by atomic mass is 9.90. The van der Waals surface area contributed by atoms with E-state index in [-0.39, 0.29) is 25.9 Å². The summed E-state index contributed by atoms with van der Waals surface area (Å²) in [7, 11) is 1.47. The number of aliphatic hydroxyl groups is 1. The predicted molar refractivity (Wildman–Crippen MR) is 135 cm³/mol. The molecule has 0 unspecified atom stereocenters. The van der Waals surface area contributed by atoms with Crippen molar-refractivity contribution in [2.45, 2.75) is 62.9 Å². The monoisotopic (exact) mass is 535 g/mol. The lowest BCUT2D eigenvalue weighted by Gasteiger charge is -2.39. The van der Waals surface area contributed by atoms with Crippen LogP contribution in [0.4, 0.5) is 0 Å². The molecule has 4 amide bonds. The lowest BCUT2D eigenvalue weighted by Crippen LogP contribution is -2.59. The van der Waals surface area contributed by atoms with Gasteiger partial charge in [0.2, 0.25) is 23.6 Å². The Morgan fingerprint density at radius 2 is 1.82 bits per heavy atom. The number of hydrogen-bond acceptors (Lipinski definition) is 8. The zero-order valence-corrected chi connectivity index (χ0v) is 21.5. The normalized spacial score (nSPS) is 20.5. The van der Waals surface area contributed by atoms with E-state index in [9.17, 15) is 34.2 Å². The fraction of sp³-hybridized carbons (Fsp3) is 0.560. The highest BCUT2D eigenvalue weighted by Crippen LogP contribution is 2.24. The van der Waals surface area contributed by atoms with Crippen molar-refractivity contribution in [3.8, 4) is 0 Å². The minimum Gasteiger partial charge on any atom is -0.480 e. The molecule has 1 heterocycles. The average Bonchev–Trinajstić information content (AvgIpc) is 2.86. The Hall–Kier alpha value is -3.55. The largest absolute Gasteiger partial charge is 0.480 e. The number of benzene rings is 1.